The fourth-order valence-electron chi connectivity index (χ4n) is 3.05. The zero-order valence-electron chi connectivity index (χ0n) is 15.9. The highest BCUT2D eigenvalue weighted by Gasteiger charge is 2.22. The first-order chi connectivity index (χ1) is 12.4. The summed E-state index contributed by atoms with van der Waals surface area (Å²) in [6, 6.07) is 16.6. The third kappa shape index (κ3) is 4.19. The maximum absolute atomic E-state index is 6.40. The number of aliphatic imine (C=N–C) groups is 1. The van der Waals surface area contributed by atoms with Gasteiger partial charge in [0.2, 0.25) is 5.29 Å². The van der Waals surface area contributed by atoms with Crippen molar-refractivity contribution in [2.24, 2.45) is 4.99 Å². The molecule has 0 spiro atoms. The lowest BCUT2D eigenvalue weighted by Crippen LogP contribution is -2.44. The van der Waals surface area contributed by atoms with Crippen LogP contribution in [0.4, 0.5) is 5.69 Å². The molecule has 0 N–H and O–H groups in total. The van der Waals surface area contributed by atoms with Crippen molar-refractivity contribution in [2.45, 2.75) is 32.7 Å². The molecule has 0 unspecified atom stereocenters. The molecule has 0 amide bonds. The highest BCUT2D eigenvalue weighted by molar-refractivity contribution is 6.67. The highest BCUT2D eigenvalue weighted by Crippen LogP contribution is 2.27. The monoisotopic (exact) mass is 371 g/mol. The Morgan fingerprint density at radius 2 is 1.77 bits per heavy atom. The third-order valence-corrected chi connectivity index (χ3v) is 4.92. The fourth-order valence-corrected chi connectivity index (χ4v) is 3.26. The van der Waals surface area contributed by atoms with Crippen LogP contribution in [0.1, 0.15) is 31.9 Å². The standard InChI is InChI=1S/C21H26ClN3O/c1-21(2,3)17-9-11-18(12-10-17)25-15-24(14-23-20(25)22)13-16-7-5-6-8-19(16)26-4/h5-12H,13-15H2,1-4H3. The number of methoxy groups -OCH3 is 1. The Kier molecular flexibility index (Phi) is 5.54. The quantitative estimate of drug-likeness (QED) is 0.721. The smallest absolute Gasteiger partial charge is 0.200 e. The number of para-hydroxylation sites is 1. The number of ether oxygens (including phenoxy) is 1. The van der Waals surface area contributed by atoms with Gasteiger partial charge in [0.1, 0.15) is 5.75 Å². The van der Waals surface area contributed by atoms with Crippen LogP contribution in [0.3, 0.4) is 0 Å². The normalized spacial score (nSPS) is 15.7. The summed E-state index contributed by atoms with van der Waals surface area (Å²) in [5.74, 6) is 0.897. The summed E-state index contributed by atoms with van der Waals surface area (Å²) in [7, 11) is 1.70. The molecule has 1 aliphatic heterocycles. The van der Waals surface area contributed by atoms with Crippen molar-refractivity contribution < 1.29 is 4.74 Å². The van der Waals surface area contributed by atoms with Gasteiger partial charge < -0.3 is 9.64 Å². The van der Waals surface area contributed by atoms with E-state index in [-0.39, 0.29) is 5.41 Å². The molecular weight excluding hydrogens is 346 g/mol. The molecule has 0 aliphatic carbocycles. The first-order valence-electron chi connectivity index (χ1n) is 8.81. The van der Waals surface area contributed by atoms with E-state index in [1.165, 1.54) is 5.56 Å². The lowest BCUT2D eigenvalue weighted by atomic mass is 9.87. The number of amidine groups is 1. The minimum atomic E-state index is 0.133. The van der Waals surface area contributed by atoms with E-state index in [9.17, 15) is 0 Å². The minimum Gasteiger partial charge on any atom is -0.496 e. The predicted octanol–water partition coefficient (Wildman–Crippen LogP) is 4.82. The van der Waals surface area contributed by atoms with Crippen LogP contribution < -0.4 is 9.64 Å². The second-order valence-electron chi connectivity index (χ2n) is 7.58. The third-order valence-electron chi connectivity index (χ3n) is 4.60. The molecule has 4 nitrogen and oxygen atoms in total. The largest absolute Gasteiger partial charge is 0.496 e. The molecule has 138 valence electrons. The van der Waals surface area contributed by atoms with E-state index >= 15 is 0 Å². The lowest BCUT2D eigenvalue weighted by molar-refractivity contribution is 0.269. The maximum atomic E-state index is 6.40. The van der Waals surface area contributed by atoms with Gasteiger partial charge in [0.05, 0.1) is 20.4 Å². The van der Waals surface area contributed by atoms with Gasteiger partial charge in [0.15, 0.2) is 0 Å². The molecule has 0 saturated heterocycles. The van der Waals surface area contributed by atoms with Crippen LogP contribution in [0.5, 0.6) is 5.75 Å². The van der Waals surface area contributed by atoms with Gasteiger partial charge in [0, 0.05) is 17.8 Å². The fraction of sp³-hybridized carbons (Fsp3) is 0.381. The molecule has 0 bridgehead atoms. The number of hydrogen-bond acceptors (Lipinski definition) is 4. The van der Waals surface area contributed by atoms with Crippen molar-refractivity contribution in [1.82, 2.24) is 4.90 Å². The van der Waals surface area contributed by atoms with Crippen LogP contribution in [0.25, 0.3) is 0 Å². The minimum absolute atomic E-state index is 0.133. The molecule has 1 heterocycles. The maximum Gasteiger partial charge on any atom is 0.200 e. The Labute approximate surface area is 161 Å². The van der Waals surface area contributed by atoms with Crippen molar-refractivity contribution >= 4 is 22.6 Å². The van der Waals surface area contributed by atoms with Crippen molar-refractivity contribution in [3.8, 4) is 5.75 Å². The molecule has 5 heteroatoms. The first kappa shape index (κ1) is 18.7. The highest BCUT2D eigenvalue weighted by atomic mass is 35.5. The van der Waals surface area contributed by atoms with Crippen LogP contribution in [-0.4, -0.2) is 30.6 Å². The second-order valence-corrected chi connectivity index (χ2v) is 7.91. The van der Waals surface area contributed by atoms with Crippen molar-refractivity contribution in [1.29, 1.82) is 0 Å². The van der Waals surface area contributed by atoms with Gasteiger partial charge in [-0.3, -0.25) is 4.90 Å². The Morgan fingerprint density at radius 3 is 2.42 bits per heavy atom. The van der Waals surface area contributed by atoms with Gasteiger partial charge in [-0.15, -0.1) is 0 Å². The van der Waals surface area contributed by atoms with Gasteiger partial charge in [-0.05, 0) is 40.8 Å². The number of hydrogen-bond donors (Lipinski definition) is 0. The number of halogens is 1. The van der Waals surface area contributed by atoms with E-state index in [0.717, 1.165) is 23.5 Å². The van der Waals surface area contributed by atoms with E-state index in [1.807, 2.05) is 23.1 Å². The Balaban J connectivity index is 1.77. The van der Waals surface area contributed by atoms with Gasteiger partial charge in [-0.1, -0.05) is 51.1 Å². The van der Waals surface area contributed by atoms with Crippen molar-refractivity contribution in [2.75, 3.05) is 25.3 Å². The summed E-state index contributed by atoms with van der Waals surface area (Å²) < 4.78 is 5.46. The molecule has 1 aliphatic rings. The van der Waals surface area contributed by atoms with E-state index < -0.39 is 0 Å². The second kappa shape index (κ2) is 7.68. The molecule has 26 heavy (non-hydrogen) atoms. The van der Waals surface area contributed by atoms with Crippen LogP contribution in [-0.2, 0) is 12.0 Å². The summed E-state index contributed by atoms with van der Waals surface area (Å²) >= 11 is 6.40. The van der Waals surface area contributed by atoms with E-state index in [2.05, 4.69) is 61.0 Å². The van der Waals surface area contributed by atoms with Crippen molar-refractivity contribution in [3.05, 3.63) is 59.7 Å². The van der Waals surface area contributed by atoms with Crippen LogP contribution in [0.2, 0.25) is 0 Å². The molecule has 3 rings (SSSR count). The topological polar surface area (TPSA) is 28.1 Å². The van der Waals surface area contributed by atoms with Gasteiger partial charge >= 0.3 is 0 Å². The van der Waals surface area contributed by atoms with Crippen LogP contribution in [0, 0.1) is 0 Å². The first-order valence-corrected chi connectivity index (χ1v) is 9.18. The van der Waals surface area contributed by atoms with Gasteiger partial charge in [0.25, 0.3) is 0 Å². The molecular formula is C21H26ClN3O. The van der Waals surface area contributed by atoms with E-state index in [4.69, 9.17) is 16.3 Å². The molecule has 0 fully saturated rings. The zero-order chi connectivity index (χ0) is 18.7. The zero-order valence-corrected chi connectivity index (χ0v) is 16.6. The Bertz CT molecular complexity index is 781. The van der Waals surface area contributed by atoms with Gasteiger partial charge in [-0.2, -0.15) is 0 Å². The molecule has 2 aromatic rings. The Morgan fingerprint density at radius 1 is 1.08 bits per heavy atom. The summed E-state index contributed by atoms with van der Waals surface area (Å²) in [5.41, 5.74) is 3.63. The molecule has 0 atom stereocenters. The summed E-state index contributed by atoms with van der Waals surface area (Å²) in [6.45, 7) is 8.67. The Hall–Kier alpha value is -2.04. The van der Waals surface area contributed by atoms with E-state index in [0.29, 0.717) is 18.6 Å². The number of anilines is 1. The number of rotatable bonds is 4. The molecule has 0 saturated carbocycles. The van der Waals surface area contributed by atoms with Crippen LogP contribution in [0.15, 0.2) is 53.5 Å². The average molecular weight is 372 g/mol. The number of nitrogens with zero attached hydrogens (tertiary/aromatic N) is 3. The van der Waals surface area contributed by atoms with Crippen LogP contribution >= 0.6 is 11.6 Å². The average Bonchev–Trinajstić information content (AvgIpc) is 2.63. The molecule has 0 radical (unpaired) electrons. The summed E-state index contributed by atoms with van der Waals surface area (Å²) in [4.78, 5) is 8.76. The molecule has 0 aromatic heterocycles. The van der Waals surface area contributed by atoms with Gasteiger partial charge in [-0.25, -0.2) is 4.99 Å². The lowest BCUT2D eigenvalue weighted by Gasteiger charge is -2.34. The van der Waals surface area contributed by atoms with E-state index in [1.54, 1.807) is 7.11 Å². The van der Waals surface area contributed by atoms with Crippen molar-refractivity contribution in [3.63, 3.8) is 0 Å². The molecule has 2 aromatic carbocycles. The predicted molar refractivity (Wildman–Crippen MR) is 109 cm³/mol. The SMILES string of the molecule is COc1ccccc1CN1CN=C(Cl)N(c2ccc(C(C)(C)C)cc2)C1. The number of benzene rings is 2. The summed E-state index contributed by atoms with van der Waals surface area (Å²) in [5, 5.41) is 0.532. The summed E-state index contributed by atoms with van der Waals surface area (Å²) in [6.07, 6.45) is 0.